The molecule has 0 aliphatic carbocycles. The monoisotopic (exact) mass is 311 g/mol. The fourth-order valence-corrected chi connectivity index (χ4v) is 3.45. The highest BCUT2D eigenvalue weighted by atomic mass is 15.2. The third kappa shape index (κ3) is 6.92. The van der Waals surface area contributed by atoms with Crippen LogP contribution in [0.4, 0.5) is 0 Å². The van der Waals surface area contributed by atoms with Crippen molar-refractivity contribution in [3.8, 4) is 0 Å². The summed E-state index contributed by atoms with van der Waals surface area (Å²) < 4.78 is 0. The highest BCUT2D eigenvalue weighted by molar-refractivity contribution is 4.76. The second-order valence-corrected chi connectivity index (χ2v) is 7.29. The predicted molar refractivity (Wildman–Crippen MR) is 94.5 cm³/mol. The molecule has 5 atom stereocenters. The maximum absolute atomic E-state index is 3.72. The Labute approximate surface area is 137 Å². The quantitative estimate of drug-likeness (QED) is 0.563. The Morgan fingerprint density at radius 2 is 1.05 bits per heavy atom. The number of hydrogen-bond donors (Lipinski definition) is 3. The van der Waals surface area contributed by atoms with Gasteiger partial charge in [-0.15, -0.1) is 0 Å². The van der Waals surface area contributed by atoms with Crippen LogP contribution < -0.4 is 16.0 Å². The van der Waals surface area contributed by atoms with E-state index in [1.165, 1.54) is 25.9 Å². The van der Waals surface area contributed by atoms with Gasteiger partial charge in [-0.25, -0.2) is 0 Å². The molecule has 2 aliphatic rings. The second kappa shape index (κ2) is 9.83. The van der Waals surface area contributed by atoms with Gasteiger partial charge in [-0.05, 0) is 46.7 Å². The van der Waals surface area contributed by atoms with Gasteiger partial charge < -0.3 is 25.8 Å². The van der Waals surface area contributed by atoms with E-state index in [9.17, 15) is 0 Å². The summed E-state index contributed by atoms with van der Waals surface area (Å²) in [4.78, 5) is 5.24. The smallest absolute Gasteiger partial charge is 0.0167 e. The van der Waals surface area contributed by atoms with Crippen molar-refractivity contribution in [2.75, 3.05) is 58.9 Å². The zero-order valence-electron chi connectivity index (χ0n) is 14.9. The molecule has 2 saturated heterocycles. The Hall–Kier alpha value is -0.200. The highest BCUT2D eigenvalue weighted by Gasteiger charge is 2.16. The summed E-state index contributed by atoms with van der Waals surface area (Å²) in [6, 6.07) is 1.80. The first kappa shape index (κ1) is 18.1. The number of rotatable bonds is 0. The maximum atomic E-state index is 3.72. The van der Waals surface area contributed by atoms with Crippen molar-refractivity contribution in [2.45, 2.75) is 51.7 Å². The lowest BCUT2D eigenvalue weighted by molar-refractivity contribution is 0.233. The average molecular weight is 312 g/mol. The summed E-state index contributed by atoms with van der Waals surface area (Å²) in [5, 5.41) is 11.1. The lowest BCUT2D eigenvalue weighted by Crippen LogP contribution is -2.44. The van der Waals surface area contributed by atoms with Crippen LogP contribution in [0, 0.1) is 0 Å². The average Bonchev–Trinajstić information content (AvgIpc) is 2.50. The zero-order valence-corrected chi connectivity index (χ0v) is 14.9. The molecule has 2 aliphatic heterocycles. The van der Waals surface area contributed by atoms with Gasteiger partial charge in [-0.2, -0.15) is 0 Å². The molecule has 0 aromatic rings. The third-order valence-corrected chi connectivity index (χ3v) is 5.05. The van der Waals surface area contributed by atoms with Crippen LogP contribution in [0.25, 0.3) is 0 Å². The lowest BCUT2D eigenvalue weighted by Gasteiger charge is -2.28. The standard InChI is InChI=1S/C17H37N5/c1-15-4-9-21-11-6-18-16(2)5-10-22(13-8-19-15)14-17(3)20-7-12-21/h15-20H,4-14H2,1-3H3. The molecular formula is C17H37N5. The Morgan fingerprint density at radius 3 is 1.64 bits per heavy atom. The Balaban J connectivity index is 2.05. The van der Waals surface area contributed by atoms with E-state index < -0.39 is 0 Å². The summed E-state index contributed by atoms with van der Waals surface area (Å²) >= 11 is 0. The number of nitrogens with one attached hydrogen (secondary N) is 3. The first-order valence-electron chi connectivity index (χ1n) is 9.28. The lowest BCUT2D eigenvalue weighted by atomic mass is 10.2. The van der Waals surface area contributed by atoms with E-state index in [-0.39, 0.29) is 0 Å². The van der Waals surface area contributed by atoms with E-state index >= 15 is 0 Å². The minimum Gasteiger partial charge on any atom is -0.313 e. The molecule has 0 aromatic carbocycles. The van der Waals surface area contributed by atoms with Crippen LogP contribution in [-0.4, -0.2) is 86.8 Å². The van der Waals surface area contributed by atoms with Gasteiger partial charge in [0, 0.05) is 63.9 Å². The Morgan fingerprint density at radius 1 is 0.591 bits per heavy atom. The Bertz CT molecular complexity index is 299. The van der Waals surface area contributed by atoms with Crippen LogP contribution >= 0.6 is 0 Å². The van der Waals surface area contributed by atoms with Crippen LogP contribution in [-0.2, 0) is 0 Å². The first-order chi connectivity index (χ1) is 10.6. The molecule has 130 valence electrons. The van der Waals surface area contributed by atoms with E-state index in [4.69, 9.17) is 0 Å². The molecule has 2 fully saturated rings. The van der Waals surface area contributed by atoms with Gasteiger partial charge in [-0.3, -0.25) is 0 Å². The molecule has 22 heavy (non-hydrogen) atoms. The van der Waals surface area contributed by atoms with Crippen molar-refractivity contribution in [3.05, 3.63) is 0 Å². The van der Waals surface area contributed by atoms with E-state index in [2.05, 4.69) is 46.5 Å². The van der Waals surface area contributed by atoms with Crippen molar-refractivity contribution in [3.63, 3.8) is 0 Å². The third-order valence-electron chi connectivity index (χ3n) is 5.05. The summed E-state index contributed by atoms with van der Waals surface area (Å²) in [6.45, 7) is 17.3. The molecule has 2 bridgehead atoms. The minimum absolute atomic E-state index is 0.573. The molecule has 2 rings (SSSR count). The number of hydrogen-bond acceptors (Lipinski definition) is 5. The maximum Gasteiger partial charge on any atom is 0.0167 e. The van der Waals surface area contributed by atoms with E-state index in [1.54, 1.807) is 0 Å². The SMILES string of the molecule is CC1CCN2CCNC(C)CCN(CCN1)CC(C)NCC2. The first-order valence-corrected chi connectivity index (χ1v) is 9.28. The van der Waals surface area contributed by atoms with Gasteiger partial charge in [0.25, 0.3) is 0 Å². The fourth-order valence-electron chi connectivity index (χ4n) is 3.45. The molecule has 5 nitrogen and oxygen atoms in total. The predicted octanol–water partition coefficient (Wildman–Crippen LogP) is 0.332. The number of fused-ring (bicyclic) bond motifs is 6. The van der Waals surface area contributed by atoms with Crippen LogP contribution in [0.2, 0.25) is 0 Å². The summed E-state index contributed by atoms with van der Waals surface area (Å²) in [5.41, 5.74) is 0. The fraction of sp³-hybridized carbons (Fsp3) is 1.00. The van der Waals surface area contributed by atoms with Gasteiger partial charge in [0.15, 0.2) is 0 Å². The van der Waals surface area contributed by atoms with Crippen LogP contribution in [0.15, 0.2) is 0 Å². The molecule has 0 radical (unpaired) electrons. The van der Waals surface area contributed by atoms with Crippen molar-refractivity contribution in [1.29, 1.82) is 0 Å². The summed E-state index contributed by atoms with van der Waals surface area (Å²) in [6.07, 6.45) is 2.48. The Kier molecular flexibility index (Phi) is 8.11. The topological polar surface area (TPSA) is 42.6 Å². The van der Waals surface area contributed by atoms with Crippen LogP contribution in [0.3, 0.4) is 0 Å². The molecule has 0 amide bonds. The second-order valence-electron chi connectivity index (χ2n) is 7.29. The molecule has 5 heteroatoms. The highest BCUT2D eigenvalue weighted by Crippen LogP contribution is 2.03. The van der Waals surface area contributed by atoms with Crippen LogP contribution in [0.5, 0.6) is 0 Å². The van der Waals surface area contributed by atoms with E-state index in [0.717, 1.165) is 45.8 Å². The molecule has 0 saturated carbocycles. The van der Waals surface area contributed by atoms with Crippen molar-refractivity contribution in [2.24, 2.45) is 0 Å². The van der Waals surface area contributed by atoms with E-state index in [1.807, 2.05) is 0 Å². The van der Waals surface area contributed by atoms with Gasteiger partial charge in [0.1, 0.15) is 0 Å². The van der Waals surface area contributed by atoms with Gasteiger partial charge in [0.05, 0.1) is 0 Å². The van der Waals surface area contributed by atoms with Crippen molar-refractivity contribution in [1.82, 2.24) is 25.8 Å². The molecule has 0 spiro atoms. The van der Waals surface area contributed by atoms with Crippen molar-refractivity contribution < 1.29 is 0 Å². The summed E-state index contributed by atoms with van der Waals surface area (Å²) in [5.74, 6) is 0. The molecule has 0 aromatic heterocycles. The molecule has 2 heterocycles. The summed E-state index contributed by atoms with van der Waals surface area (Å²) in [7, 11) is 0. The van der Waals surface area contributed by atoms with E-state index in [0.29, 0.717) is 18.1 Å². The number of nitrogens with zero attached hydrogens (tertiary/aromatic N) is 2. The van der Waals surface area contributed by atoms with Gasteiger partial charge in [-0.1, -0.05) is 0 Å². The van der Waals surface area contributed by atoms with Gasteiger partial charge >= 0.3 is 0 Å². The molecule has 5 unspecified atom stereocenters. The van der Waals surface area contributed by atoms with Gasteiger partial charge in [0.2, 0.25) is 0 Å². The van der Waals surface area contributed by atoms with Crippen LogP contribution in [0.1, 0.15) is 33.6 Å². The zero-order chi connectivity index (χ0) is 15.8. The minimum atomic E-state index is 0.573. The largest absolute Gasteiger partial charge is 0.313 e. The molecular weight excluding hydrogens is 274 g/mol. The molecule has 3 N–H and O–H groups in total. The normalized spacial score (nSPS) is 40.2. The van der Waals surface area contributed by atoms with Crippen molar-refractivity contribution >= 4 is 0 Å².